The molecule has 4 aromatic heterocycles. The molecule has 0 aliphatic carbocycles. The molecule has 2 aromatic carbocycles. The van der Waals surface area contributed by atoms with Crippen molar-refractivity contribution in [3.8, 4) is 34.0 Å². The number of ether oxygens (including phenoxy) is 4. The fourth-order valence-corrected chi connectivity index (χ4v) is 7.54. The SMILES string of the molecule is COc1ccc(-c2cc(Nc3ccnc(N4C[C@H](CCOc5ccc(-c6cc(Nc7ccnc(N8CC(C)(C)OC(C)(C)C8)n7)on6)c(F)c5)O[C@H](C)C4)n3)on2)c(F)c1. The minimum Gasteiger partial charge on any atom is -0.497 e. The molecule has 2 aliphatic rings. The third-order valence-electron chi connectivity index (χ3n) is 9.77. The second-order valence-corrected chi connectivity index (χ2v) is 16.0. The highest BCUT2D eigenvalue weighted by atomic mass is 19.1. The van der Waals surface area contributed by atoms with E-state index in [2.05, 4.69) is 45.8 Å². The van der Waals surface area contributed by atoms with Crippen LogP contribution >= 0.6 is 0 Å². The van der Waals surface area contributed by atoms with Gasteiger partial charge in [-0.2, -0.15) is 9.97 Å². The van der Waals surface area contributed by atoms with Crippen molar-refractivity contribution in [1.29, 1.82) is 0 Å². The summed E-state index contributed by atoms with van der Waals surface area (Å²) in [6.07, 6.45) is 3.54. The summed E-state index contributed by atoms with van der Waals surface area (Å²) < 4.78 is 64.4. The van der Waals surface area contributed by atoms with Crippen LogP contribution < -0.4 is 29.9 Å². The highest BCUT2D eigenvalue weighted by Crippen LogP contribution is 2.33. The molecule has 0 spiro atoms. The topological polar surface area (TPSA) is 171 Å². The lowest BCUT2D eigenvalue weighted by molar-refractivity contribution is -0.133. The second-order valence-electron chi connectivity index (χ2n) is 16.0. The predicted octanol–water partition coefficient (Wildman–Crippen LogP) is 7.81. The number of hydrogen-bond acceptors (Lipinski definition) is 16. The molecule has 0 radical (unpaired) electrons. The standard InChI is InChI=1S/C42H46F2N10O6/c1-25-21-53(39-45-14-11-35(49-39)47-37-19-33(51-58-37)29-9-7-26(55-6)17-31(29)43)22-28(57-25)13-16-56-27-8-10-30(32(44)18-27)34-20-38(59-52-34)48-36-12-15-46-40(50-36)54-23-41(2,3)60-42(4,5)24-54/h7-12,14-15,17-20,25,28H,13,16,21-24H2,1-6H3,(H,45,47,49)(H,46,48,50)/t25-,28+/m1/s1. The van der Waals surface area contributed by atoms with E-state index in [1.807, 2.05) is 39.5 Å². The van der Waals surface area contributed by atoms with Crippen LogP contribution in [-0.2, 0) is 9.47 Å². The Kier molecular flexibility index (Phi) is 11.2. The fraction of sp³-hybridized carbons (Fsp3) is 0.381. The first-order valence-corrected chi connectivity index (χ1v) is 19.5. The molecule has 2 saturated heterocycles. The lowest BCUT2D eigenvalue weighted by atomic mass is 9.99. The number of anilines is 6. The van der Waals surface area contributed by atoms with Gasteiger partial charge in [-0.1, -0.05) is 10.3 Å². The molecule has 0 saturated carbocycles. The number of morpholine rings is 2. The Morgan fingerprint density at radius 3 is 1.85 bits per heavy atom. The zero-order valence-electron chi connectivity index (χ0n) is 34.1. The van der Waals surface area contributed by atoms with Crippen LogP contribution in [0.3, 0.4) is 0 Å². The van der Waals surface area contributed by atoms with Crippen LogP contribution in [0.5, 0.6) is 11.5 Å². The average Bonchev–Trinajstić information content (AvgIpc) is 3.86. The van der Waals surface area contributed by atoms with Crippen molar-refractivity contribution < 1.29 is 36.8 Å². The van der Waals surface area contributed by atoms with Gasteiger partial charge in [-0.25, -0.2) is 18.7 Å². The molecule has 2 aliphatic heterocycles. The number of methoxy groups -OCH3 is 1. The van der Waals surface area contributed by atoms with Gasteiger partial charge in [0, 0.05) is 80.4 Å². The van der Waals surface area contributed by atoms with Crippen molar-refractivity contribution in [2.75, 3.05) is 60.3 Å². The molecule has 0 amide bonds. The summed E-state index contributed by atoms with van der Waals surface area (Å²) >= 11 is 0. The third-order valence-corrected chi connectivity index (χ3v) is 9.77. The van der Waals surface area contributed by atoms with E-state index < -0.39 is 11.6 Å². The Balaban J connectivity index is 0.841. The molecule has 2 atom stereocenters. The molecule has 18 heteroatoms. The van der Waals surface area contributed by atoms with Gasteiger partial charge in [-0.3, -0.25) is 0 Å². The molecular weight excluding hydrogens is 779 g/mol. The summed E-state index contributed by atoms with van der Waals surface area (Å²) in [5, 5.41) is 14.3. The molecule has 0 unspecified atom stereocenters. The number of nitrogens with zero attached hydrogens (tertiary/aromatic N) is 8. The minimum absolute atomic E-state index is 0.111. The molecule has 60 heavy (non-hydrogen) atoms. The molecule has 314 valence electrons. The maximum atomic E-state index is 15.4. The highest BCUT2D eigenvalue weighted by molar-refractivity contribution is 5.66. The monoisotopic (exact) mass is 824 g/mol. The second kappa shape index (κ2) is 16.7. The number of rotatable bonds is 13. The number of benzene rings is 2. The normalized spacial score (nSPS) is 18.6. The van der Waals surface area contributed by atoms with E-state index >= 15 is 4.39 Å². The van der Waals surface area contributed by atoms with Crippen molar-refractivity contribution >= 4 is 35.3 Å². The highest BCUT2D eigenvalue weighted by Gasteiger charge is 2.39. The zero-order valence-corrected chi connectivity index (χ0v) is 34.1. The summed E-state index contributed by atoms with van der Waals surface area (Å²) in [5.74, 6) is 2.40. The van der Waals surface area contributed by atoms with Gasteiger partial charge in [-0.05, 0) is 71.0 Å². The Bertz CT molecular complexity index is 2430. The van der Waals surface area contributed by atoms with Gasteiger partial charge >= 0.3 is 0 Å². The van der Waals surface area contributed by atoms with Crippen molar-refractivity contribution in [2.45, 2.75) is 64.4 Å². The number of halogens is 2. The summed E-state index contributed by atoms with van der Waals surface area (Å²) in [4.78, 5) is 22.5. The molecule has 6 heterocycles. The first-order valence-electron chi connectivity index (χ1n) is 19.5. The van der Waals surface area contributed by atoms with Crippen molar-refractivity contribution in [3.05, 3.63) is 84.7 Å². The predicted molar refractivity (Wildman–Crippen MR) is 219 cm³/mol. The van der Waals surface area contributed by atoms with Crippen LogP contribution in [-0.4, -0.2) is 93.6 Å². The Morgan fingerprint density at radius 1 is 0.733 bits per heavy atom. The van der Waals surface area contributed by atoms with Gasteiger partial charge < -0.3 is 48.4 Å². The van der Waals surface area contributed by atoms with Crippen molar-refractivity contribution in [3.63, 3.8) is 0 Å². The van der Waals surface area contributed by atoms with Gasteiger partial charge in [0.1, 0.15) is 46.2 Å². The maximum Gasteiger partial charge on any atom is 0.230 e. The van der Waals surface area contributed by atoms with Gasteiger partial charge in [0.15, 0.2) is 0 Å². The molecule has 6 aromatic rings. The van der Waals surface area contributed by atoms with Crippen LogP contribution in [0.4, 0.5) is 44.1 Å². The Hall–Kier alpha value is -6.40. The lowest BCUT2D eigenvalue weighted by Gasteiger charge is -2.47. The largest absolute Gasteiger partial charge is 0.497 e. The Morgan fingerprint density at radius 2 is 1.28 bits per heavy atom. The van der Waals surface area contributed by atoms with E-state index in [4.69, 9.17) is 28.0 Å². The first-order chi connectivity index (χ1) is 28.8. The van der Waals surface area contributed by atoms with Gasteiger partial charge in [0.25, 0.3) is 0 Å². The molecule has 2 fully saturated rings. The summed E-state index contributed by atoms with van der Waals surface area (Å²) in [5.41, 5.74) is 0.427. The van der Waals surface area contributed by atoms with Crippen LogP contribution in [0.2, 0.25) is 0 Å². The molecule has 16 nitrogen and oxygen atoms in total. The van der Waals surface area contributed by atoms with Crippen LogP contribution in [0.15, 0.2) is 82.1 Å². The molecule has 0 bridgehead atoms. The van der Waals surface area contributed by atoms with Crippen LogP contribution in [0.25, 0.3) is 22.5 Å². The minimum atomic E-state index is -0.511. The zero-order chi connectivity index (χ0) is 42.0. The average molecular weight is 825 g/mol. The van der Waals surface area contributed by atoms with Gasteiger partial charge in [0.05, 0.1) is 37.1 Å². The van der Waals surface area contributed by atoms with Gasteiger partial charge in [0.2, 0.25) is 23.7 Å². The maximum absolute atomic E-state index is 15.4. The number of nitrogens with one attached hydrogen (secondary N) is 2. The number of aromatic nitrogens is 6. The van der Waals surface area contributed by atoms with E-state index in [1.54, 1.807) is 60.9 Å². The van der Waals surface area contributed by atoms with Crippen molar-refractivity contribution in [1.82, 2.24) is 30.2 Å². The molecule has 8 rings (SSSR count). The van der Waals surface area contributed by atoms with E-state index in [0.717, 1.165) is 0 Å². The van der Waals surface area contributed by atoms with Crippen LogP contribution in [0, 0.1) is 11.6 Å². The quantitative estimate of drug-likeness (QED) is 0.115. The van der Waals surface area contributed by atoms with Gasteiger partial charge in [-0.15, -0.1) is 0 Å². The molecule has 2 N–H and O–H groups in total. The van der Waals surface area contributed by atoms with E-state index in [-0.39, 0.29) is 47.0 Å². The first kappa shape index (κ1) is 40.4. The van der Waals surface area contributed by atoms with Crippen molar-refractivity contribution in [2.24, 2.45) is 0 Å². The fourth-order valence-electron chi connectivity index (χ4n) is 7.54. The van der Waals surface area contributed by atoms with E-state index in [0.29, 0.717) is 84.9 Å². The third kappa shape index (κ3) is 9.55. The van der Waals surface area contributed by atoms with E-state index in [1.165, 1.54) is 19.2 Å². The van der Waals surface area contributed by atoms with Crippen LogP contribution in [0.1, 0.15) is 41.0 Å². The number of hydrogen-bond donors (Lipinski definition) is 2. The summed E-state index contributed by atoms with van der Waals surface area (Å²) in [6.45, 7) is 12.8. The summed E-state index contributed by atoms with van der Waals surface area (Å²) in [7, 11) is 1.47. The lowest BCUT2D eigenvalue weighted by Crippen LogP contribution is -2.57. The smallest absolute Gasteiger partial charge is 0.230 e. The summed E-state index contributed by atoms with van der Waals surface area (Å²) in [6, 6.07) is 15.8. The van der Waals surface area contributed by atoms with E-state index in [9.17, 15) is 4.39 Å². The Labute approximate surface area is 345 Å². The molecular formula is C42H46F2N10O6.